The number of benzene rings is 2. The van der Waals surface area contributed by atoms with Crippen LogP contribution in [0.4, 0.5) is 5.69 Å². The van der Waals surface area contributed by atoms with Crippen molar-refractivity contribution >= 4 is 40.8 Å². The Morgan fingerprint density at radius 1 is 1.09 bits per heavy atom. The van der Waals surface area contributed by atoms with Gasteiger partial charge in [-0.1, -0.05) is 29.3 Å². The van der Waals surface area contributed by atoms with Crippen molar-refractivity contribution in [1.29, 1.82) is 0 Å². The number of hydrogen-bond acceptors (Lipinski definition) is 3. The van der Waals surface area contributed by atoms with Crippen LogP contribution in [0.5, 0.6) is 0 Å². The maximum Gasteiger partial charge on any atom is 0.338 e. The highest BCUT2D eigenvalue weighted by molar-refractivity contribution is 6.31. The van der Waals surface area contributed by atoms with Gasteiger partial charge < -0.3 is 10.1 Å². The van der Waals surface area contributed by atoms with Crippen LogP contribution in [0.15, 0.2) is 42.5 Å². The molecule has 0 heterocycles. The van der Waals surface area contributed by atoms with Gasteiger partial charge in [-0.2, -0.15) is 0 Å². The van der Waals surface area contributed by atoms with E-state index in [2.05, 4.69) is 5.32 Å². The highest BCUT2D eigenvalue weighted by atomic mass is 35.5. The molecular formula is C16H13Cl2NO3. The third-order valence-corrected chi connectivity index (χ3v) is 3.33. The first-order chi connectivity index (χ1) is 10.5. The van der Waals surface area contributed by atoms with Crippen molar-refractivity contribution in [2.75, 3.05) is 11.9 Å². The number of hydrogen-bond donors (Lipinski definition) is 1. The Bertz CT molecular complexity index is 716. The summed E-state index contributed by atoms with van der Waals surface area (Å²) in [4.78, 5) is 23.6. The maximum absolute atomic E-state index is 11.8. The van der Waals surface area contributed by atoms with Gasteiger partial charge in [-0.15, -0.1) is 0 Å². The largest absolute Gasteiger partial charge is 0.452 e. The molecule has 0 atom stereocenters. The van der Waals surface area contributed by atoms with Crippen LogP contribution in [0.25, 0.3) is 0 Å². The van der Waals surface area contributed by atoms with Gasteiger partial charge in [0.2, 0.25) is 0 Å². The second kappa shape index (κ2) is 7.29. The van der Waals surface area contributed by atoms with Gasteiger partial charge in [0.1, 0.15) is 0 Å². The molecule has 6 heteroatoms. The van der Waals surface area contributed by atoms with Crippen molar-refractivity contribution in [1.82, 2.24) is 0 Å². The minimum absolute atomic E-state index is 0.294. The molecule has 1 N–H and O–H groups in total. The standard InChI is InChI=1S/C16H13Cl2NO3/c1-10-7-13(18)5-6-14(10)19-15(20)9-22-16(21)11-3-2-4-12(17)8-11/h2-8H,9H2,1H3,(H,19,20). The molecular weight excluding hydrogens is 325 g/mol. The predicted octanol–water partition coefficient (Wildman–Crippen LogP) is 4.10. The Labute approximate surface area is 138 Å². The van der Waals surface area contributed by atoms with Crippen molar-refractivity contribution in [2.45, 2.75) is 6.92 Å². The van der Waals surface area contributed by atoms with Crippen LogP contribution in [0.3, 0.4) is 0 Å². The fourth-order valence-electron chi connectivity index (χ4n) is 1.78. The summed E-state index contributed by atoms with van der Waals surface area (Å²) in [6, 6.07) is 11.4. The highest BCUT2D eigenvalue weighted by Crippen LogP contribution is 2.19. The number of ether oxygens (including phenoxy) is 1. The molecule has 0 aliphatic heterocycles. The smallest absolute Gasteiger partial charge is 0.338 e. The summed E-state index contributed by atoms with van der Waals surface area (Å²) in [6.45, 7) is 1.44. The molecule has 0 aliphatic carbocycles. The van der Waals surface area contributed by atoms with E-state index in [1.54, 1.807) is 36.4 Å². The summed E-state index contributed by atoms with van der Waals surface area (Å²) in [7, 11) is 0. The average molecular weight is 338 g/mol. The molecule has 2 aromatic carbocycles. The lowest BCUT2D eigenvalue weighted by Crippen LogP contribution is -2.21. The Balaban J connectivity index is 1.91. The van der Waals surface area contributed by atoms with Crippen LogP contribution >= 0.6 is 23.2 Å². The van der Waals surface area contributed by atoms with Gasteiger partial charge in [0.25, 0.3) is 5.91 Å². The van der Waals surface area contributed by atoms with E-state index in [4.69, 9.17) is 27.9 Å². The molecule has 0 radical (unpaired) electrons. The van der Waals surface area contributed by atoms with E-state index >= 15 is 0 Å². The van der Waals surface area contributed by atoms with E-state index in [0.29, 0.717) is 21.3 Å². The zero-order chi connectivity index (χ0) is 16.1. The number of esters is 1. The molecule has 22 heavy (non-hydrogen) atoms. The molecule has 0 unspecified atom stereocenters. The SMILES string of the molecule is Cc1cc(Cl)ccc1NC(=O)COC(=O)c1cccc(Cl)c1. The van der Waals surface area contributed by atoms with Crippen molar-refractivity contribution < 1.29 is 14.3 Å². The first-order valence-corrected chi connectivity index (χ1v) is 7.20. The Morgan fingerprint density at radius 2 is 1.82 bits per heavy atom. The monoisotopic (exact) mass is 337 g/mol. The van der Waals surface area contributed by atoms with Crippen LogP contribution in [0.1, 0.15) is 15.9 Å². The molecule has 4 nitrogen and oxygen atoms in total. The van der Waals surface area contributed by atoms with Gasteiger partial charge in [0.15, 0.2) is 6.61 Å². The van der Waals surface area contributed by atoms with E-state index < -0.39 is 11.9 Å². The van der Waals surface area contributed by atoms with Gasteiger partial charge in [0.05, 0.1) is 5.56 Å². The van der Waals surface area contributed by atoms with E-state index in [1.807, 2.05) is 6.92 Å². The van der Waals surface area contributed by atoms with Gasteiger partial charge in [0, 0.05) is 15.7 Å². The maximum atomic E-state index is 11.8. The van der Waals surface area contributed by atoms with Crippen molar-refractivity contribution in [3.05, 3.63) is 63.6 Å². The average Bonchev–Trinajstić information content (AvgIpc) is 2.47. The zero-order valence-electron chi connectivity index (χ0n) is 11.7. The van der Waals surface area contributed by atoms with Crippen molar-refractivity contribution in [3.63, 3.8) is 0 Å². The van der Waals surface area contributed by atoms with E-state index in [9.17, 15) is 9.59 Å². The minimum atomic E-state index is -0.606. The van der Waals surface area contributed by atoms with Gasteiger partial charge in [-0.25, -0.2) is 4.79 Å². The molecule has 2 rings (SSSR count). The topological polar surface area (TPSA) is 55.4 Å². The summed E-state index contributed by atoms with van der Waals surface area (Å²) < 4.78 is 4.94. The first-order valence-electron chi connectivity index (χ1n) is 6.44. The minimum Gasteiger partial charge on any atom is -0.452 e. The number of aryl methyl sites for hydroxylation is 1. The molecule has 0 spiro atoms. The van der Waals surface area contributed by atoms with Crippen LogP contribution < -0.4 is 5.32 Å². The zero-order valence-corrected chi connectivity index (χ0v) is 13.2. The Hall–Kier alpha value is -2.04. The summed E-state index contributed by atoms with van der Waals surface area (Å²) >= 11 is 11.6. The van der Waals surface area contributed by atoms with E-state index in [0.717, 1.165) is 5.56 Å². The molecule has 2 aromatic rings. The third-order valence-electron chi connectivity index (χ3n) is 2.86. The Kier molecular flexibility index (Phi) is 5.41. The fourth-order valence-corrected chi connectivity index (χ4v) is 2.20. The lowest BCUT2D eigenvalue weighted by Gasteiger charge is -2.09. The fraction of sp³-hybridized carbons (Fsp3) is 0.125. The number of anilines is 1. The summed E-state index contributed by atoms with van der Waals surface area (Å²) in [6.07, 6.45) is 0. The second-order valence-corrected chi connectivity index (χ2v) is 5.47. The Morgan fingerprint density at radius 3 is 2.50 bits per heavy atom. The van der Waals surface area contributed by atoms with E-state index in [1.165, 1.54) is 6.07 Å². The second-order valence-electron chi connectivity index (χ2n) is 4.59. The molecule has 0 saturated carbocycles. The third kappa shape index (κ3) is 4.48. The quantitative estimate of drug-likeness (QED) is 0.854. The number of amides is 1. The molecule has 0 fully saturated rings. The summed E-state index contributed by atoms with van der Waals surface area (Å²) in [5, 5.41) is 3.67. The number of nitrogens with one attached hydrogen (secondary N) is 1. The lowest BCUT2D eigenvalue weighted by molar-refractivity contribution is -0.119. The number of rotatable bonds is 4. The molecule has 1 amide bonds. The molecule has 0 aromatic heterocycles. The van der Waals surface area contributed by atoms with Gasteiger partial charge >= 0.3 is 5.97 Å². The van der Waals surface area contributed by atoms with Gasteiger partial charge in [-0.3, -0.25) is 4.79 Å². The number of carbonyl (C=O) groups excluding carboxylic acids is 2. The molecule has 0 bridgehead atoms. The van der Waals surface area contributed by atoms with Crippen molar-refractivity contribution in [2.24, 2.45) is 0 Å². The van der Waals surface area contributed by atoms with Gasteiger partial charge in [-0.05, 0) is 48.9 Å². The highest BCUT2D eigenvalue weighted by Gasteiger charge is 2.11. The van der Waals surface area contributed by atoms with E-state index in [-0.39, 0.29) is 6.61 Å². The van der Waals surface area contributed by atoms with Crippen LogP contribution in [-0.4, -0.2) is 18.5 Å². The van der Waals surface area contributed by atoms with Crippen LogP contribution in [0, 0.1) is 6.92 Å². The molecule has 0 aliphatic rings. The van der Waals surface area contributed by atoms with Crippen molar-refractivity contribution in [3.8, 4) is 0 Å². The number of halogens is 2. The summed E-state index contributed by atoms with van der Waals surface area (Å²) in [5.41, 5.74) is 1.73. The first kappa shape index (κ1) is 16.3. The summed E-state index contributed by atoms with van der Waals surface area (Å²) in [5.74, 6) is -1.04. The van der Waals surface area contributed by atoms with Crippen LogP contribution in [-0.2, 0) is 9.53 Å². The van der Waals surface area contributed by atoms with Crippen LogP contribution in [0.2, 0.25) is 10.0 Å². The normalized spacial score (nSPS) is 10.1. The molecule has 0 saturated heterocycles. The number of carbonyl (C=O) groups is 2. The molecule has 114 valence electrons. The lowest BCUT2D eigenvalue weighted by atomic mass is 10.2. The predicted molar refractivity (Wildman–Crippen MR) is 86.6 cm³/mol.